The standard InChI is InChI=1S/C27H29BrClF3N2O4/c1-17(18-4-8-21(29)9-5-18)33-25(35)23-11-10-22(16-24(23)19-2-6-20(28)7-3-19)34(12-14-37-15-13-34)38-26(36)27(30,31)32/h2-9,17,22-24H,10-16H2,1H3/p+1/t17-,22+,23+,24-/m0/s1. The van der Waals surface area contributed by atoms with Crippen LogP contribution in [0.2, 0.25) is 5.02 Å². The Hall–Kier alpha value is -2.14. The van der Waals surface area contributed by atoms with E-state index in [0.29, 0.717) is 24.3 Å². The van der Waals surface area contributed by atoms with Crippen LogP contribution in [-0.4, -0.2) is 55.0 Å². The molecule has 2 aromatic carbocycles. The van der Waals surface area contributed by atoms with Crippen LogP contribution in [0.4, 0.5) is 13.2 Å². The Labute approximate surface area is 233 Å². The fourth-order valence-corrected chi connectivity index (χ4v) is 5.91. The van der Waals surface area contributed by atoms with E-state index in [1.807, 2.05) is 43.3 Å². The van der Waals surface area contributed by atoms with Crippen LogP contribution in [0, 0.1) is 5.92 Å². The fourth-order valence-electron chi connectivity index (χ4n) is 5.52. The smallest absolute Gasteiger partial charge is 0.369 e. The lowest BCUT2D eigenvalue weighted by Gasteiger charge is -2.47. The monoisotopic (exact) mass is 617 g/mol. The SMILES string of the molecule is C[C@H](NC(=O)[C@@H]1CC[C@@H]([N+]2(OC(=O)C(F)(F)F)CCOCC2)C[C@H]1c1ccc(Br)cc1)c1ccc(Cl)cc1. The Morgan fingerprint density at radius 3 is 2.32 bits per heavy atom. The molecule has 2 aromatic rings. The number of ether oxygens (including phenoxy) is 1. The van der Waals surface area contributed by atoms with E-state index < -0.39 is 28.8 Å². The molecule has 2 aliphatic rings. The van der Waals surface area contributed by atoms with E-state index in [1.54, 1.807) is 12.1 Å². The van der Waals surface area contributed by atoms with Crippen LogP contribution in [0.1, 0.15) is 49.3 Å². The van der Waals surface area contributed by atoms with Gasteiger partial charge in [-0.15, -0.1) is 4.65 Å². The van der Waals surface area contributed by atoms with Crippen molar-refractivity contribution in [3.63, 3.8) is 0 Å². The molecule has 6 nitrogen and oxygen atoms in total. The summed E-state index contributed by atoms with van der Waals surface area (Å²) in [6, 6.07) is 14.2. The average Bonchev–Trinajstić information content (AvgIpc) is 2.89. The quantitative estimate of drug-likeness (QED) is 0.398. The number of benzene rings is 2. The molecule has 1 N–H and O–H groups in total. The molecule has 4 rings (SSSR count). The van der Waals surface area contributed by atoms with Gasteiger partial charge in [0.1, 0.15) is 19.1 Å². The van der Waals surface area contributed by atoms with Gasteiger partial charge < -0.3 is 10.1 Å². The highest BCUT2D eigenvalue weighted by molar-refractivity contribution is 9.10. The van der Waals surface area contributed by atoms with Crippen molar-refractivity contribution in [2.24, 2.45) is 5.92 Å². The molecule has 0 unspecified atom stereocenters. The van der Waals surface area contributed by atoms with Gasteiger partial charge in [0.25, 0.3) is 0 Å². The first kappa shape index (κ1) is 28.9. The second kappa shape index (κ2) is 11.9. The summed E-state index contributed by atoms with van der Waals surface area (Å²) in [5.74, 6) is -3.00. The van der Waals surface area contributed by atoms with Crippen LogP contribution in [0.3, 0.4) is 0 Å². The van der Waals surface area contributed by atoms with Gasteiger partial charge in [0.05, 0.1) is 19.3 Å². The second-order valence-corrected chi connectivity index (χ2v) is 11.3. The van der Waals surface area contributed by atoms with Crippen molar-refractivity contribution in [2.75, 3.05) is 26.3 Å². The number of halogens is 5. The summed E-state index contributed by atoms with van der Waals surface area (Å²) in [5, 5.41) is 3.71. The molecule has 4 atom stereocenters. The summed E-state index contributed by atoms with van der Waals surface area (Å²) in [6.07, 6.45) is -3.83. The zero-order chi connectivity index (χ0) is 27.5. The molecule has 0 bridgehead atoms. The number of nitrogens with zero attached hydrogens (tertiary/aromatic N) is 1. The minimum atomic E-state index is -5.09. The number of morpholine rings is 1. The zero-order valence-corrected chi connectivity index (χ0v) is 23.2. The van der Waals surface area contributed by atoms with Crippen molar-refractivity contribution in [1.82, 2.24) is 5.32 Å². The van der Waals surface area contributed by atoms with Crippen molar-refractivity contribution in [3.05, 3.63) is 69.2 Å². The maximum atomic E-state index is 13.6. The minimum absolute atomic E-state index is 0.125. The molecule has 38 heavy (non-hydrogen) atoms. The largest absolute Gasteiger partial charge is 0.497 e. The summed E-state index contributed by atoms with van der Waals surface area (Å²) in [4.78, 5) is 30.7. The summed E-state index contributed by atoms with van der Waals surface area (Å²) >= 11 is 9.43. The van der Waals surface area contributed by atoms with Gasteiger partial charge in [-0.05, 0) is 48.7 Å². The van der Waals surface area contributed by atoms with E-state index in [-0.39, 0.29) is 44.2 Å². The number of hydrogen-bond acceptors (Lipinski definition) is 4. The summed E-state index contributed by atoms with van der Waals surface area (Å²) in [7, 11) is 0. The molecule has 206 valence electrons. The van der Waals surface area contributed by atoms with E-state index >= 15 is 0 Å². The summed E-state index contributed by atoms with van der Waals surface area (Å²) < 4.78 is 45.4. The van der Waals surface area contributed by atoms with E-state index in [1.165, 1.54) is 0 Å². The highest BCUT2D eigenvalue weighted by Gasteiger charge is 2.53. The third-order valence-corrected chi connectivity index (χ3v) is 8.36. The number of carbonyl (C=O) groups is 2. The minimum Gasteiger partial charge on any atom is -0.369 e. The van der Waals surface area contributed by atoms with Gasteiger partial charge in [-0.2, -0.15) is 13.2 Å². The van der Waals surface area contributed by atoms with Crippen molar-refractivity contribution in [3.8, 4) is 0 Å². The van der Waals surface area contributed by atoms with Crippen LogP contribution in [0.15, 0.2) is 53.0 Å². The Bertz CT molecular complexity index is 1120. The normalized spacial score (nSPS) is 24.3. The molecule has 0 aromatic heterocycles. The van der Waals surface area contributed by atoms with Gasteiger partial charge in [0, 0.05) is 34.2 Å². The predicted molar refractivity (Wildman–Crippen MR) is 139 cm³/mol. The number of rotatable bonds is 6. The Morgan fingerprint density at radius 2 is 1.71 bits per heavy atom. The number of quaternary nitrogens is 1. The summed E-state index contributed by atoms with van der Waals surface area (Å²) in [5.41, 5.74) is 1.82. The molecule has 0 spiro atoms. The van der Waals surface area contributed by atoms with Crippen LogP contribution >= 0.6 is 27.5 Å². The van der Waals surface area contributed by atoms with Crippen molar-refractivity contribution in [1.29, 1.82) is 0 Å². The van der Waals surface area contributed by atoms with Crippen LogP contribution in [-0.2, 0) is 19.2 Å². The fraction of sp³-hybridized carbons (Fsp3) is 0.481. The number of nitrogens with one attached hydrogen (secondary N) is 1. The van der Waals surface area contributed by atoms with Crippen molar-refractivity contribution in [2.45, 2.75) is 50.4 Å². The number of carbonyl (C=O) groups excluding carboxylic acids is 2. The lowest BCUT2D eigenvalue weighted by molar-refractivity contribution is -1.11. The Kier molecular flexibility index (Phi) is 9.07. The second-order valence-electron chi connectivity index (χ2n) is 9.90. The lowest BCUT2D eigenvalue weighted by atomic mass is 9.72. The van der Waals surface area contributed by atoms with Gasteiger partial charge >= 0.3 is 12.1 Å². The molecule has 1 aliphatic heterocycles. The first-order valence-electron chi connectivity index (χ1n) is 12.5. The van der Waals surface area contributed by atoms with Crippen molar-refractivity contribution < 1.29 is 37.0 Å². The van der Waals surface area contributed by atoms with Gasteiger partial charge in [-0.25, -0.2) is 4.79 Å². The van der Waals surface area contributed by atoms with E-state index in [2.05, 4.69) is 21.2 Å². The average molecular weight is 619 g/mol. The third-order valence-electron chi connectivity index (χ3n) is 7.58. The molecule has 1 saturated carbocycles. The lowest BCUT2D eigenvalue weighted by Crippen LogP contribution is -2.64. The number of hydroxylamine groups is 3. The van der Waals surface area contributed by atoms with Gasteiger partial charge in [0.2, 0.25) is 5.91 Å². The van der Waals surface area contributed by atoms with E-state index in [0.717, 1.165) is 15.6 Å². The maximum Gasteiger partial charge on any atom is 0.497 e. The summed E-state index contributed by atoms with van der Waals surface area (Å²) in [6.45, 7) is 2.53. The number of hydrogen-bond donors (Lipinski definition) is 1. The van der Waals surface area contributed by atoms with Gasteiger partial charge in [-0.3, -0.25) is 9.63 Å². The highest BCUT2D eigenvalue weighted by atomic mass is 79.9. The molecule has 1 saturated heterocycles. The van der Waals surface area contributed by atoms with Crippen LogP contribution < -0.4 is 5.32 Å². The van der Waals surface area contributed by atoms with Gasteiger partial charge in [0.15, 0.2) is 0 Å². The topological polar surface area (TPSA) is 64.6 Å². The van der Waals surface area contributed by atoms with E-state index in [4.69, 9.17) is 21.2 Å². The molecule has 1 aliphatic carbocycles. The van der Waals surface area contributed by atoms with Crippen LogP contribution in [0.5, 0.6) is 0 Å². The first-order valence-corrected chi connectivity index (χ1v) is 13.7. The third kappa shape index (κ3) is 6.70. The number of amides is 1. The van der Waals surface area contributed by atoms with E-state index in [9.17, 15) is 22.8 Å². The zero-order valence-electron chi connectivity index (χ0n) is 20.8. The molecule has 1 amide bonds. The first-order chi connectivity index (χ1) is 18.0. The highest BCUT2D eigenvalue weighted by Crippen LogP contribution is 2.43. The molecular formula is C27H30BrClF3N2O4+. The van der Waals surface area contributed by atoms with Crippen molar-refractivity contribution >= 4 is 39.4 Å². The van der Waals surface area contributed by atoms with Gasteiger partial charge in [-0.1, -0.05) is 51.8 Å². The molecule has 1 heterocycles. The molecular weight excluding hydrogens is 589 g/mol. The molecule has 11 heteroatoms. The Balaban J connectivity index is 1.59. The molecule has 2 fully saturated rings. The Morgan fingerprint density at radius 1 is 1.08 bits per heavy atom. The maximum absolute atomic E-state index is 13.6. The predicted octanol–water partition coefficient (Wildman–Crippen LogP) is 6.10. The van der Waals surface area contributed by atoms with Crippen LogP contribution in [0.25, 0.3) is 0 Å². The molecule has 0 radical (unpaired) electrons. The number of alkyl halides is 3.